The molecule has 0 bridgehead atoms. The van der Waals surface area contributed by atoms with Crippen molar-refractivity contribution < 1.29 is 19.1 Å². The van der Waals surface area contributed by atoms with Crippen LogP contribution in [0.4, 0.5) is 10.1 Å². The molecule has 0 aliphatic carbocycles. The number of hydrogen-bond acceptors (Lipinski definition) is 6. The number of aliphatic hydroxyl groups is 1. The Morgan fingerprint density at radius 3 is 2.28 bits per heavy atom. The Hall–Kier alpha value is -3.33. The van der Waals surface area contributed by atoms with Crippen LogP contribution in [-0.2, 0) is 4.79 Å². The number of carbonyl (C=O) groups excluding carboxylic acids is 2. The fourth-order valence-corrected chi connectivity index (χ4v) is 3.24. The Labute approximate surface area is 214 Å². The van der Waals surface area contributed by atoms with E-state index in [0.717, 1.165) is 5.56 Å². The summed E-state index contributed by atoms with van der Waals surface area (Å²) in [7, 11) is 1.53. The lowest BCUT2D eigenvalue weighted by molar-refractivity contribution is -0.137. The van der Waals surface area contributed by atoms with Crippen LogP contribution in [0.5, 0.6) is 0 Å². The average molecular weight is 504 g/mol. The predicted octanol–water partition coefficient (Wildman–Crippen LogP) is 5.07. The minimum absolute atomic E-state index is 0.0206. The molecule has 9 heteroatoms. The van der Waals surface area contributed by atoms with Crippen molar-refractivity contribution in [1.29, 1.82) is 0 Å². The summed E-state index contributed by atoms with van der Waals surface area (Å²) in [5.74, 6) is -1.17. The van der Waals surface area contributed by atoms with E-state index in [1.807, 2.05) is 27.7 Å². The highest BCUT2D eigenvalue weighted by Gasteiger charge is 2.45. The molecule has 2 aromatic rings. The van der Waals surface area contributed by atoms with E-state index in [-0.39, 0.29) is 29.2 Å². The molecular weight excluding hydrogens is 461 g/mol. The normalized spacial score (nSPS) is 15.8. The lowest BCUT2D eigenvalue weighted by Gasteiger charge is -2.38. The van der Waals surface area contributed by atoms with Gasteiger partial charge in [0.15, 0.2) is 5.96 Å². The Balaban J connectivity index is 0.00000137. The molecule has 1 aliphatic rings. The van der Waals surface area contributed by atoms with Crippen molar-refractivity contribution in [3.05, 3.63) is 59.2 Å². The number of aromatic nitrogens is 1. The molecule has 4 N–H and O–H groups in total. The lowest BCUT2D eigenvalue weighted by atomic mass is 9.78. The number of hydrogen-bond donors (Lipinski definition) is 3. The molecule has 0 radical (unpaired) electrons. The molecule has 1 aliphatic heterocycles. The molecule has 0 fully saturated rings. The number of nitrogens with two attached hydrogens (primary N) is 1. The number of aliphatic imine (C=N–C) groups is 1. The predicted molar refractivity (Wildman–Crippen MR) is 144 cm³/mol. The van der Waals surface area contributed by atoms with Gasteiger partial charge < -0.3 is 16.2 Å². The van der Waals surface area contributed by atoms with Gasteiger partial charge in [-0.1, -0.05) is 33.8 Å². The van der Waals surface area contributed by atoms with E-state index >= 15 is 0 Å². The van der Waals surface area contributed by atoms with Crippen LogP contribution in [0.1, 0.15) is 83.0 Å². The molecule has 3 rings (SSSR count). The highest BCUT2D eigenvalue weighted by molar-refractivity contribution is 6.04. The van der Waals surface area contributed by atoms with Crippen molar-refractivity contribution in [2.24, 2.45) is 16.1 Å². The number of anilines is 1. The monoisotopic (exact) mass is 503 g/mol. The SMILES string of the molecule is CC.CC.CC(C)O.Cc1cccnc1C(=O)Nc1ccc(F)c(C2N=C(N)N(C)C(=O)C2(C)C)c1. The quantitative estimate of drug-likeness (QED) is 0.540. The highest BCUT2D eigenvalue weighted by atomic mass is 19.1. The third-order valence-electron chi connectivity index (χ3n) is 4.92. The van der Waals surface area contributed by atoms with E-state index in [2.05, 4.69) is 15.3 Å². The second-order valence-electron chi connectivity index (χ2n) is 8.43. The molecular formula is C27H42FN5O3. The minimum atomic E-state index is -1.00. The van der Waals surface area contributed by atoms with Crippen molar-refractivity contribution in [1.82, 2.24) is 9.88 Å². The summed E-state index contributed by atoms with van der Waals surface area (Å²) in [5, 5.41) is 10.8. The summed E-state index contributed by atoms with van der Waals surface area (Å²) in [4.78, 5) is 34.8. The third kappa shape index (κ3) is 8.41. The third-order valence-corrected chi connectivity index (χ3v) is 4.92. The molecule has 2 heterocycles. The summed E-state index contributed by atoms with van der Waals surface area (Å²) < 4.78 is 14.6. The van der Waals surface area contributed by atoms with E-state index in [1.165, 1.54) is 36.3 Å². The standard InChI is InChI=1S/C20H22FN5O2.C3H8O.2C2H6/c1-11-6-5-9-23-15(11)17(27)24-12-7-8-14(21)13(10-12)16-20(2,3)18(28)26(4)19(22)25-16;1-3(2)4;2*1-2/h5-10,16H,1-4H3,(H2,22,25)(H,24,27);3-4H,1-2H3;2*1-2H3. The number of benzene rings is 1. The van der Waals surface area contributed by atoms with Gasteiger partial charge in [-0.25, -0.2) is 9.38 Å². The second-order valence-corrected chi connectivity index (χ2v) is 8.43. The van der Waals surface area contributed by atoms with Gasteiger partial charge in [0.2, 0.25) is 5.91 Å². The number of guanidine groups is 1. The Kier molecular flexibility index (Phi) is 13.5. The van der Waals surface area contributed by atoms with Crippen LogP contribution < -0.4 is 11.1 Å². The van der Waals surface area contributed by atoms with Gasteiger partial charge in [0.05, 0.1) is 11.5 Å². The van der Waals surface area contributed by atoms with Crippen LogP contribution >= 0.6 is 0 Å². The van der Waals surface area contributed by atoms with Gasteiger partial charge in [-0.3, -0.25) is 19.5 Å². The minimum Gasteiger partial charge on any atom is -0.394 e. The molecule has 1 aromatic carbocycles. The molecule has 200 valence electrons. The van der Waals surface area contributed by atoms with E-state index in [4.69, 9.17) is 10.8 Å². The van der Waals surface area contributed by atoms with Crippen LogP contribution in [0.2, 0.25) is 0 Å². The van der Waals surface area contributed by atoms with Gasteiger partial charge >= 0.3 is 0 Å². The van der Waals surface area contributed by atoms with Crippen LogP contribution in [0.15, 0.2) is 41.5 Å². The number of aliphatic hydroxyl groups excluding tert-OH is 1. The van der Waals surface area contributed by atoms with Crippen molar-refractivity contribution >= 4 is 23.5 Å². The molecule has 0 saturated heterocycles. The van der Waals surface area contributed by atoms with E-state index in [9.17, 15) is 14.0 Å². The first-order chi connectivity index (χ1) is 16.9. The summed E-state index contributed by atoms with van der Waals surface area (Å²) in [6, 6.07) is 6.87. The summed E-state index contributed by atoms with van der Waals surface area (Å²) >= 11 is 0. The number of carbonyl (C=O) groups is 2. The topological polar surface area (TPSA) is 121 Å². The summed E-state index contributed by atoms with van der Waals surface area (Å²) in [5.41, 5.74) is 6.40. The van der Waals surface area contributed by atoms with Crippen LogP contribution in [0.25, 0.3) is 0 Å². The van der Waals surface area contributed by atoms with Gasteiger partial charge in [-0.05, 0) is 64.4 Å². The van der Waals surface area contributed by atoms with E-state index < -0.39 is 23.2 Å². The number of nitrogens with one attached hydrogen (secondary N) is 1. The molecule has 8 nitrogen and oxygen atoms in total. The Morgan fingerprint density at radius 2 is 1.75 bits per heavy atom. The molecule has 1 unspecified atom stereocenters. The number of aryl methyl sites for hydroxylation is 1. The van der Waals surface area contributed by atoms with Crippen molar-refractivity contribution in [2.45, 2.75) is 74.5 Å². The first-order valence-corrected chi connectivity index (χ1v) is 12.2. The van der Waals surface area contributed by atoms with Crippen LogP contribution in [0.3, 0.4) is 0 Å². The van der Waals surface area contributed by atoms with Gasteiger partial charge in [0.25, 0.3) is 5.91 Å². The van der Waals surface area contributed by atoms with Gasteiger partial charge in [-0.2, -0.15) is 0 Å². The average Bonchev–Trinajstić information content (AvgIpc) is 2.84. The first kappa shape index (κ1) is 32.7. The van der Waals surface area contributed by atoms with Crippen LogP contribution in [0, 0.1) is 18.2 Å². The zero-order chi connectivity index (χ0) is 28.2. The zero-order valence-corrected chi connectivity index (χ0v) is 23.2. The number of pyridine rings is 1. The van der Waals surface area contributed by atoms with E-state index in [1.54, 1.807) is 46.8 Å². The van der Waals surface area contributed by atoms with Gasteiger partial charge in [0.1, 0.15) is 11.5 Å². The molecule has 0 saturated carbocycles. The fraction of sp³-hybridized carbons (Fsp3) is 0.481. The molecule has 1 atom stereocenters. The van der Waals surface area contributed by atoms with Gasteiger partial charge in [-0.15, -0.1) is 0 Å². The fourth-order valence-electron chi connectivity index (χ4n) is 3.24. The molecule has 2 amide bonds. The van der Waals surface area contributed by atoms with E-state index in [0.29, 0.717) is 5.69 Å². The number of halogens is 1. The Bertz CT molecular complexity index is 1040. The summed E-state index contributed by atoms with van der Waals surface area (Å²) in [6.07, 6.45) is 1.36. The number of amides is 2. The largest absolute Gasteiger partial charge is 0.394 e. The smallest absolute Gasteiger partial charge is 0.274 e. The van der Waals surface area contributed by atoms with Gasteiger partial charge in [0, 0.05) is 30.6 Å². The molecule has 36 heavy (non-hydrogen) atoms. The molecule has 1 aromatic heterocycles. The lowest BCUT2D eigenvalue weighted by Crippen LogP contribution is -2.51. The maximum atomic E-state index is 14.6. The zero-order valence-electron chi connectivity index (χ0n) is 23.2. The maximum Gasteiger partial charge on any atom is 0.274 e. The van der Waals surface area contributed by atoms with Crippen molar-refractivity contribution in [3.8, 4) is 0 Å². The Morgan fingerprint density at radius 1 is 1.19 bits per heavy atom. The number of nitrogens with zero attached hydrogens (tertiary/aromatic N) is 3. The second kappa shape index (κ2) is 14.9. The number of rotatable bonds is 3. The highest BCUT2D eigenvalue weighted by Crippen LogP contribution is 2.42. The maximum absolute atomic E-state index is 14.6. The summed E-state index contributed by atoms with van der Waals surface area (Å²) in [6.45, 7) is 16.6. The van der Waals surface area contributed by atoms with Crippen molar-refractivity contribution in [2.75, 3.05) is 12.4 Å². The van der Waals surface area contributed by atoms with Crippen LogP contribution in [-0.4, -0.2) is 45.9 Å². The molecule has 0 spiro atoms. The van der Waals surface area contributed by atoms with Crippen molar-refractivity contribution in [3.63, 3.8) is 0 Å². The first-order valence-electron chi connectivity index (χ1n) is 12.2.